The van der Waals surface area contributed by atoms with Crippen LogP contribution in [0, 0.1) is 0 Å². The third-order valence-electron chi connectivity index (χ3n) is 0.314. The van der Waals surface area contributed by atoms with Crippen LogP contribution in [0.3, 0.4) is 0 Å². The molecule has 8 heavy (non-hydrogen) atoms. The van der Waals surface area contributed by atoms with Crippen LogP contribution >= 0.6 is 17.8 Å². The molecule has 0 fully saturated rings. The van der Waals surface area contributed by atoms with Gasteiger partial charge in [-0.2, -0.15) is 5.84 Å². The van der Waals surface area contributed by atoms with Gasteiger partial charge in [-0.25, -0.2) is 4.78 Å². The minimum absolute atomic E-state index is 0. The van der Waals surface area contributed by atoms with Crippen molar-refractivity contribution in [2.75, 3.05) is 13.7 Å². The molecule has 0 spiro atoms. The van der Waals surface area contributed by atoms with Crippen molar-refractivity contribution in [3.8, 4) is 0 Å². The van der Waals surface area contributed by atoms with Crippen molar-refractivity contribution in [1.29, 1.82) is 0 Å². The fourth-order valence-corrected chi connectivity index (χ4v) is 1.18. The van der Waals surface area contributed by atoms with Crippen LogP contribution in [-0.4, -0.2) is 13.7 Å². The van der Waals surface area contributed by atoms with Gasteiger partial charge in [-0.1, -0.05) is 0 Å². The third kappa shape index (κ3) is 10.5. The smallest absolute Gasteiger partial charge is 0.259 e. The topological polar surface area (TPSA) is 39.7 Å². The van der Waals surface area contributed by atoms with E-state index in [1.807, 2.05) is 13.7 Å². The highest BCUT2D eigenvalue weighted by molar-refractivity contribution is 7.42. The van der Waals surface area contributed by atoms with Gasteiger partial charge in [0, 0.05) is 8.81 Å². The van der Waals surface area contributed by atoms with Gasteiger partial charge in [-0.05, 0) is 6.66 Å². The van der Waals surface area contributed by atoms with Gasteiger partial charge < -0.3 is 24.0 Å². The summed E-state index contributed by atoms with van der Waals surface area (Å²) in [7, 11) is 2.82. The molecule has 3 atom stereocenters. The van der Waals surface area contributed by atoms with Crippen molar-refractivity contribution >= 4 is 17.8 Å². The van der Waals surface area contributed by atoms with Crippen LogP contribution in [0.1, 0.15) is 0 Å². The highest BCUT2D eigenvalue weighted by Crippen LogP contribution is 2.14. The lowest BCUT2D eigenvalue weighted by Crippen LogP contribution is -3.07. The van der Waals surface area contributed by atoms with Crippen LogP contribution in [0.4, 0.5) is 0 Å². The summed E-state index contributed by atoms with van der Waals surface area (Å²) in [6.07, 6.45) is 0. The fraction of sp³-hybridized carbons (Fsp3) is 1.00. The summed E-state index contributed by atoms with van der Waals surface area (Å²) >= 11 is 0. The monoisotopic (exact) mass is 268 g/mol. The molecule has 0 aromatic carbocycles. The zero-order chi connectivity index (χ0) is 5.70. The Balaban J connectivity index is 0. The first-order valence-electron chi connectivity index (χ1n) is 1.95. The molecule has 3 N–H and O–H groups in total. The predicted molar refractivity (Wildman–Crippen MR) is 34.7 cm³/mol. The molecule has 0 aromatic heterocycles. The molecule has 0 aliphatic rings. The van der Waals surface area contributed by atoms with E-state index in [0.29, 0.717) is 17.8 Å². The number of halogens is 1. The normalized spacial score (nSPS) is 15.4. The number of nitrogens with one attached hydrogen (secondary N) is 1. The molecule has 0 radical (unpaired) electrons. The summed E-state index contributed by atoms with van der Waals surface area (Å²) in [5, 5.41) is 0. The van der Waals surface area contributed by atoms with Crippen molar-refractivity contribution < 1.29 is 33.1 Å². The van der Waals surface area contributed by atoms with E-state index in [4.69, 9.17) is 10.2 Å². The van der Waals surface area contributed by atoms with Crippen molar-refractivity contribution in [1.82, 2.24) is 0 Å². The van der Waals surface area contributed by atoms with Crippen LogP contribution in [0.15, 0.2) is 0 Å². The van der Waals surface area contributed by atoms with Crippen molar-refractivity contribution in [3.63, 3.8) is 0 Å². The first kappa shape index (κ1) is 12.2. The largest absolute Gasteiger partial charge is 1.00 e. The van der Waals surface area contributed by atoms with E-state index in [0.717, 1.165) is 4.78 Å². The van der Waals surface area contributed by atoms with Gasteiger partial charge in [-0.3, -0.25) is 4.31 Å². The SMILES string of the molecule is CPOP[NH+](C)N.[I-]. The third-order valence-corrected chi connectivity index (χ3v) is 1.86. The van der Waals surface area contributed by atoms with E-state index in [2.05, 4.69) is 0 Å². The number of hydrogen-bond donors (Lipinski definition) is 2. The Morgan fingerprint density at radius 3 is 2.25 bits per heavy atom. The van der Waals surface area contributed by atoms with Gasteiger partial charge in [0.05, 0.1) is 7.05 Å². The number of rotatable bonds is 3. The van der Waals surface area contributed by atoms with Gasteiger partial charge in [0.2, 0.25) is 0 Å². The molecule has 52 valence electrons. The van der Waals surface area contributed by atoms with Gasteiger partial charge in [0.25, 0.3) is 8.96 Å². The molecule has 0 rings (SSSR count). The van der Waals surface area contributed by atoms with E-state index in [1.54, 1.807) is 0 Å². The highest BCUT2D eigenvalue weighted by Gasteiger charge is 1.89. The number of quaternary nitrogens is 1. The van der Waals surface area contributed by atoms with Crippen molar-refractivity contribution in [2.45, 2.75) is 0 Å². The van der Waals surface area contributed by atoms with Crippen molar-refractivity contribution in [2.24, 2.45) is 5.84 Å². The summed E-state index contributed by atoms with van der Waals surface area (Å²) < 4.78 is 5.86. The van der Waals surface area contributed by atoms with Gasteiger partial charge >= 0.3 is 0 Å². The lowest BCUT2D eigenvalue weighted by atomic mass is 11.5. The number of nitrogens with two attached hydrogens (primary N) is 1. The Labute approximate surface area is 70.5 Å². The summed E-state index contributed by atoms with van der Waals surface area (Å²) in [6, 6.07) is 0. The van der Waals surface area contributed by atoms with E-state index in [-0.39, 0.29) is 24.0 Å². The minimum atomic E-state index is 0. The van der Waals surface area contributed by atoms with Crippen molar-refractivity contribution in [3.05, 3.63) is 0 Å². The molecule has 3 unspecified atom stereocenters. The Morgan fingerprint density at radius 1 is 1.62 bits per heavy atom. The second-order valence-corrected chi connectivity index (χ2v) is 3.31. The van der Waals surface area contributed by atoms with Crippen LogP contribution in [-0.2, 0) is 4.31 Å². The summed E-state index contributed by atoms with van der Waals surface area (Å²) in [5.41, 5.74) is 0. The Kier molecular flexibility index (Phi) is 12.9. The van der Waals surface area contributed by atoms with E-state index < -0.39 is 0 Å². The summed E-state index contributed by atoms with van der Waals surface area (Å²) in [6.45, 7) is 1.98. The Bertz CT molecular complexity index is 47.0. The lowest BCUT2D eigenvalue weighted by Gasteiger charge is -2.01. The van der Waals surface area contributed by atoms with Gasteiger partial charge in [-0.15, -0.1) is 0 Å². The van der Waals surface area contributed by atoms with E-state index in [9.17, 15) is 0 Å². The Morgan fingerprint density at radius 2 is 2.12 bits per heavy atom. The maximum absolute atomic E-state index is 5.29. The van der Waals surface area contributed by atoms with E-state index in [1.165, 1.54) is 0 Å². The molecule has 0 saturated carbocycles. The zero-order valence-corrected chi connectivity index (χ0v) is 9.02. The molecule has 0 aliphatic carbocycles. The lowest BCUT2D eigenvalue weighted by molar-refractivity contribution is -0.757. The molecular formula is C2H11IN2OP2. The highest BCUT2D eigenvalue weighted by atomic mass is 127. The Hall–Kier alpha value is 1.47. The van der Waals surface area contributed by atoms with Gasteiger partial charge in [0.1, 0.15) is 0 Å². The maximum atomic E-state index is 5.29. The second kappa shape index (κ2) is 8.47. The predicted octanol–water partition coefficient (Wildman–Crippen LogP) is -3.87. The molecule has 0 heterocycles. The van der Waals surface area contributed by atoms with Crippen LogP contribution in [0.5, 0.6) is 0 Å². The summed E-state index contributed by atoms with van der Waals surface area (Å²) in [5.74, 6) is 5.29. The molecule has 0 bridgehead atoms. The van der Waals surface area contributed by atoms with Gasteiger partial charge in [0.15, 0.2) is 0 Å². The average molecular weight is 268 g/mol. The minimum Gasteiger partial charge on any atom is -1.00 e. The van der Waals surface area contributed by atoms with Crippen LogP contribution in [0.25, 0.3) is 0 Å². The molecular weight excluding hydrogens is 257 g/mol. The zero-order valence-electron chi connectivity index (χ0n) is 4.86. The molecule has 3 nitrogen and oxygen atoms in total. The maximum Gasteiger partial charge on any atom is 0.259 e. The molecule has 0 saturated heterocycles. The molecule has 0 aliphatic heterocycles. The number of hydrogen-bond acceptors (Lipinski definition) is 2. The molecule has 0 aromatic rings. The first-order chi connectivity index (χ1) is 3.27. The summed E-state index contributed by atoms with van der Waals surface area (Å²) in [4.78, 5) is 0. The molecule has 0 amide bonds. The van der Waals surface area contributed by atoms with Crippen LogP contribution in [0.2, 0.25) is 0 Å². The quantitative estimate of drug-likeness (QED) is 0.238. The van der Waals surface area contributed by atoms with E-state index >= 15 is 0 Å². The standard InChI is InChI=1S/C2H10N2OP2.HI/c1-4(3)7-5-6-2;/h6-7H,3H2,1-2H3;1H. The fourth-order valence-electron chi connectivity index (χ4n) is 0.132. The van der Waals surface area contributed by atoms with Crippen LogP contribution < -0.4 is 34.6 Å². The second-order valence-electron chi connectivity index (χ2n) is 1.09. The molecule has 6 heteroatoms. The first-order valence-corrected chi connectivity index (χ1v) is 4.26. The average Bonchev–Trinajstić information content (AvgIpc) is 1.61.